The molecule has 0 atom stereocenters. The van der Waals surface area contributed by atoms with Gasteiger partial charge >= 0.3 is 0 Å². The Morgan fingerprint density at radius 1 is 1.50 bits per heavy atom. The van der Waals surface area contributed by atoms with Crippen molar-refractivity contribution in [2.24, 2.45) is 0 Å². The van der Waals surface area contributed by atoms with Crippen LogP contribution in [0.4, 0.5) is 0 Å². The van der Waals surface area contributed by atoms with Crippen LogP contribution in [0, 0.1) is 0 Å². The molecule has 0 aromatic heterocycles. The van der Waals surface area contributed by atoms with Crippen molar-refractivity contribution in [3.8, 4) is 0 Å². The van der Waals surface area contributed by atoms with Crippen LogP contribution < -0.4 is 0 Å². The minimum atomic E-state index is 0.144. The van der Waals surface area contributed by atoms with E-state index < -0.39 is 0 Å². The molecule has 1 aliphatic rings. The predicted octanol–water partition coefficient (Wildman–Crippen LogP) is 1.74. The van der Waals surface area contributed by atoms with Gasteiger partial charge in [0.2, 0.25) is 0 Å². The van der Waals surface area contributed by atoms with E-state index in [1.54, 1.807) is 13.0 Å². The molecule has 0 amide bonds. The van der Waals surface area contributed by atoms with Gasteiger partial charge in [-0.1, -0.05) is 6.08 Å². The molecule has 1 rings (SSSR count). The molecule has 0 saturated carbocycles. The largest absolute Gasteiger partial charge is 0.512 e. The molecule has 10 heavy (non-hydrogen) atoms. The molecule has 1 N–H and O–H groups in total. The van der Waals surface area contributed by atoms with Gasteiger partial charge in [0.15, 0.2) is 5.78 Å². The molecular formula is C8H10O2. The second kappa shape index (κ2) is 2.69. The topological polar surface area (TPSA) is 37.3 Å². The van der Waals surface area contributed by atoms with Gasteiger partial charge in [-0.15, -0.1) is 0 Å². The van der Waals surface area contributed by atoms with Gasteiger partial charge < -0.3 is 5.11 Å². The molecule has 0 unspecified atom stereocenters. The first-order valence-corrected chi connectivity index (χ1v) is 3.30. The standard InChI is InChI=1S/C8H10O2/c1-6(9)7-2-4-8(10)5-3-7/h2,4,9H,3,5H2,1H3. The second-order valence-corrected chi connectivity index (χ2v) is 2.41. The number of carbonyl (C=O) groups is 1. The quantitative estimate of drug-likeness (QED) is 0.517. The molecule has 54 valence electrons. The highest BCUT2D eigenvalue weighted by Gasteiger charge is 2.07. The Morgan fingerprint density at radius 2 is 2.20 bits per heavy atom. The number of aliphatic hydroxyl groups excluding tert-OH is 1. The fourth-order valence-electron chi connectivity index (χ4n) is 0.920. The zero-order valence-electron chi connectivity index (χ0n) is 5.92. The summed E-state index contributed by atoms with van der Waals surface area (Å²) >= 11 is 0. The van der Waals surface area contributed by atoms with E-state index in [0.717, 1.165) is 5.57 Å². The maximum atomic E-state index is 10.6. The third-order valence-corrected chi connectivity index (χ3v) is 1.58. The van der Waals surface area contributed by atoms with Crippen molar-refractivity contribution in [1.82, 2.24) is 0 Å². The summed E-state index contributed by atoms with van der Waals surface area (Å²) < 4.78 is 0. The number of allylic oxidation sites excluding steroid dienone is 4. The summed E-state index contributed by atoms with van der Waals surface area (Å²) in [7, 11) is 0. The molecule has 0 bridgehead atoms. The maximum Gasteiger partial charge on any atom is 0.156 e. The van der Waals surface area contributed by atoms with Crippen molar-refractivity contribution in [2.45, 2.75) is 19.8 Å². The van der Waals surface area contributed by atoms with E-state index in [-0.39, 0.29) is 5.78 Å². The van der Waals surface area contributed by atoms with Gasteiger partial charge in [0.1, 0.15) is 0 Å². The summed E-state index contributed by atoms with van der Waals surface area (Å²) in [5.41, 5.74) is 0.875. The van der Waals surface area contributed by atoms with Crippen molar-refractivity contribution < 1.29 is 9.90 Å². The monoisotopic (exact) mass is 138 g/mol. The zero-order chi connectivity index (χ0) is 7.56. The zero-order valence-corrected chi connectivity index (χ0v) is 5.92. The summed E-state index contributed by atoms with van der Waals surface area (Å²) in [5, 5.41) is 8.98. The molecule has 1 aliphatic carbocycles. The summed E-state index contributed by atoms with van der Waals surface area (Å²) in [6.45, 7) is 1.63. The molecule has 0 aromatic rings. The van der Waals surface area contributed by atoms with E-state index in [2.05, 4.69) is 0 Å². The van der Waals surface area contributed by atoms with E-state index in [1.165, 1.54) is 6.08 Å². The summed E-state index contributed by atoms with van der Waals surface area (Å²) in [6.07, 6.45) is 4.40. The van der Waals surface area contributed by atoms with E-state index in [0.29, 0.717) is 18.6 Å². The van der Waals surface area contributed by atoms with E-state index in [1.807, 2.05) is 0 Å². The minimum absolute atomic E-state index is 0.144. The summed E-state index contributed by atoms with van der Waals surface area (Å²) in [4.78, 5) is 10.6. The van der Waals surface area contributed by atoms with Crippen molar-refractivity contribution in [3.63, 3.8) is 0 Å². The molecule has 0 aliphatic heterocycles. The second-order valence-electron chi connectivity index (χ2n) is 2.41. The first-order chi connectivity index (χ1) is 4.70. The highest BCUT2D eigenvalue weighted by Crippen LogP contribution is 2.15. The summed E-state index contributed by atoms with van der Waals surface area (Å²) in [6, 6.07) is 0. The first kappa shape index (κ1) is 7.06. The molecule has 0 fully saturated rings. The Kier molecular flexibility index (Phi) is 1.90. The molecule has 0 radical (unpaired) electrons. The van der Waals surface area contributed by atoms with Crippen LogP contribution in [0.15, 0.2) is 23.5 Å². The number of hydrogen-bond acceptors (Lipinski definition) is 2. The molecule has 0 spiro atoms. The predicted molar refractivity (Wildman–Crippen MR) is 38.7 cm³/mol. The third-order valence-electron chi connectivity index (χ3n) is 1.58. The lowest BCUT2D eigenvalue weighted by molar-refractivity contribution is -0.114. The minimum Gasteiger partial charge on any atom is -0.512 e. The van der Waals surface area contributed by atoms with Crippen LogP contribution >= 0.6 is 0 Å². The molecule has 0 aromatic carbocycles. The number of rotatable bonds is 0. The lowest BCUT2D eigenvalue weighted by Gasteiger charge is -2.06. The molecule has 0 saturated heterocycles. The van der Waals surface area contributed by atoms with Gasteiger partial charge in [-0.05, 0) is 25.0 Å². The first-order valence-electron chi connectivity index (χ1n) is 3.30. The number of ketones is 1. The van der Waals surface area contributed by atoms with Gasteiger partial charge in [0.25, 0.3) is 0 Å². The van der Waals surface area contributed by atoms with Crippen LogP contribution in [0.3, 0.4) is 0 Å². The van der Waals surface area contributed by atoms with Crippen LogP contribution in [0.2, 0.25) is 0 Å². The molecule has 2 nitrogen and oxygen atoms in total. The van der Waals surface area contributed by atoms with E-state index in [9.17, 15) is 4.79 Å². The number of hydrogen-bond donors (Lipinski definition) is 1. The summed E-state index contributed by atoms with van der Waals surface area (Å²) in [5.74, 6) is 0.466. The molecule has 0 heterocycles. The Balaban J connectivity index is 2.80. The fourth-order valence-corrected chi connectivity index (χ4v) is 0.920. The average Bonchev–Trinajstić information content (AvgIpc) is 1.88. The van der Waals surface area contributed by atoms with Crippen molar-refractivity contribution >= 4 is 5.78 Å². The van der Waals surface area contributed by atoms with Crippen molar-refractivity contribution in [2.75, 3.05) is 0 Å². The van der Waals surface area contributed by atoms with Crippen molar-refractivity contribution in [3.05, 3.63) is 23.5 Å². The highest BCUT2D eigenvalue weighted by molar-refractivity contribution is 5.91. The smallest absolute Gasteiger partial charge is 0.156 e. The Labute approximate surface area is 59.9 Å². The Morgan fingerprint density at radius 3 is 2.60 bits per heavy atom. The normalized spacial score (nSPS) is 23.1. The van der Waals surface area contributed by atoms with E-state index in [4.69, 9.17) is 5.11 Å². The fraction of sp³-hybridized carbons (Fsp3) is 0.375. The lowest BCUT2D eigenvalue weighted by Crippen LogP contribution is -2.00. The van der Waals surface area contributed by atoms with Gasteiger partial charge in [-0.3, -0.25) is 4.79 Å². The highest BCUT2D eigenvalue weighted by atomic mass is 16.3. The van der Waals surface area contributed by atoms with Gasteiger partial charge in [0, 0.05) is 6.42 Å². The average molecular weight is 138 g/mol. The Bertz CT molecular complexity index is 207. The van der Waals surface area contributed by atoms with Crippen LogP contribution in [0.1, 0.15) is 19.8 Å². The van der Waals surface area contributed by atoms with Crippen LogP contribution in [-0.2, 0) is 4.79 Å². The van der Waals surface area contributed by atoms with Gasteiger partial charge in [-0.2, -0.15) is 0 Å². The van der Waals surface area contributed by atoms with E-state index >= 15 is 0 Å². The molecular weight excluding hydrogens is 128 g/mol. The number of carbonyl (C=O) groups excluding carboxylic acids is 1. The Hall–Kier alpha value is -1.05. The van der Waals surface area contributed by atoms with Gasteiger partial charge in [-0.25, -0.2) is 0 Å². The van der Waals surface area contributed by atoms with Crippen LogP contribution in [0.5, 0.6) is 0 Å². The third kappa shape index (κ3) is 1.47. The van der Waals surface area contributed by atoms with Crippen LogP contribution in [0.25, 0.3) is 0 Å². The van der Waals surface area contributed by atoms with Crippen LogP contribution in [-0.4, -0.2) is 10.9 Å². The SMILES string of the molecule is CC(O)=C1C=CC(=O)CC1. The lowest BCUT2D eigenvalue weighted by atomic mass is 10.0. The number of aliphatic hydroxyl groups is 1. The maximum absolute atomic E-state index is 10.6. The van der Waals surface area contributed by atoms with Crippen molar-refractivity contribution in [1.29, 1.82) is 0 Å². The molecule has 2 heteroatoms. The van der Waals surface area contributed by atoms with Gasteiger partial charge in [0.05, 0.1) is 5.76 Å².